The van der Waals surface area contributed by atoms with Crippen molar-refractivity contribution in [3.8, 4) is 5.75 Å². The molecular weight excluding hydrogens is 238 g/mol. The Bertz CT molecular complexity index is 546. The fraction of sp³-hybridized carbons (Fsp3) is 0.400. The minimum absolute atomic E-state index is 0.576. The van der Waals surface area contributed by atoms with Crippen molar-refractivity contribution in [2.24, 2.45) is 5.92 Å². The van der Waals surface area contributed by atoms with Gasteiger partial charge in [-0.05, 0) is 25.0 Å². The summed E-state index contributed by atoms with van der Waals surface area (Å²) in [6.07, 6.45) is 2.07. The van der Waals surface area contributed by atoms with Crippen LogP contribution in [-0.2, 0) is 6.54 Å². The number of para-hydroxylation sites is 2. The van der Waals surface area contributed by atoms with E-state index in [1.165, 1.54) is 0 Å². The minimum atomic E-state index is 0.576. The highest BCUT2D eigenvalue weighted by Crippen LogP contribution is 2.26. The van der Waals surface area contributed by atoms with E-state index in [0.717, 1.165) is 29.6 Å². The van der Waals surface area contributed by atoms with Gasteiger partial charge < -0.3 is 14.6 Å². The summed E-state index contributed by atoms with van der Waals surface area (Å²) in [4.78, 5) is 4.53. The number of aromatic nitrogens is 2. The van der Waals surface area contributed by atoms with Crippen LogP contribution in [0.4, 0.5) is 11.6 Å². The molecule has 1 aromatic heterocycles. The third-order valence-electron chi connectivity index (χ3n) is 2.81. The summed E-state index contributed by atoms with van der Waals surface area (Å²) in [5.74, 6) is 2.25. The zero-order valence-electron chi connectivity index (χ0n) is 12.0. The van der Waals surface area contributed by atoms with Crippen molar-refractivity contribution in [1.82, 2.24) is 9.55 Å². The predicted molar refractivity (Wildman–Crippen MR) is 78.1 cm³/mol. The number of rotatable bonds is 5. The fourth-order valence-electron chi connectivity index (χ4n) is 2.05. The normalized spacial score (nSPS) is 10.8. The predicted octanol–water partition coefficient (Wildman–Crippen LogP) is 3.60. The highest BCUT2D eigenvalue weighted by atomic mass is 16.5. The number of hydrogen-bond acceptors (Lipinski definition) is 3. The number of ether oxygens (including phenoxy) is 1. The molecule has 19 heavy (non-hydrogen) atoms. The molecule has 0 atom stereocenters. The molecule has 0 aliphatic heterocycles. The number of nitrogens with zero attached hydrogens (tertiary/aromatic N) is 2. The molecule has 0 spiro atoms. The maximum absolute atomic E-state index is 5.35. The number of aryl methyl sites for hydroxylation is 1. The summed E-state index contributed by atoms with van der Waals surface area (Å²) >= 11 is 0. The van der Waals surface area contributed by atoms with Gasteiger partial charge in [-0.25, -0.2) is 4.98 Å². The van der Waals surface area contributed by atoms with Crippen LogP contribution in [0.15, 0.2) is 30.5 Å². The third kappa shape index (κ3) is 3.28. The largest absolute Gasteiger partial charge is 0.495 e. The highest BCUT2D eigenvalue weighted by Gasteiger charge is 2.09. The van der Waals surface area contributed by atoms with Crippen molar-refractivity contribution < 1.29 is 4.74 Å². The summed E-state index contributed by atoms with van der Waals surface area (Å²) in [6.45, 7) is 7.34. The van der Waals surface area contributed by atoms with Crippen LogP contribution >= 0.6 is 0 Å². The maximum Gasteiger partial charge on any atom is 0.207 e. The van der Waals surface area contributed by atoms with Crippen LogP contribution in [0.25, 0.3) is 0 Å². The molecule has 4 nitrogen and oxygen atoms in total. The molecule has 102 valence electrons. The van der Waals surface area contributed by atoms with Crippen molar-refractivity contribution in [3.05, 3.63) is 36.2 Å². The number of benzene rings is 1. The number of methoxy groups -OCH3 is 1. The number of imidazole rings is 1. The summed E-state index contributed by atoms with van der Waals surface area (Å²) < 4.78 is 7.49. The molecule has 2 rings (SSSR count). The van der Waals surface area contributed by atoms with Gasteiger partial charge in [0.2, 0.25) is 5.95 Å². The summed E-state index contributed by atoms with van der Waals surface area (Å²) in [5, 5.41) is 3.35. The molecule has 0 unspecified atom stereocenters. The van der Waals surface area contributed by atoms with Crippen LogP contribution in [0.5, 0.6) is 5.75 Å². The zero-order chi connectivity index (χ0) is 13.8. The Labute approximate surface area is 114 Å². The lowest BCUT2D eigenvalue weighted by Gasteiger charge is -2.13. The van der Waals surface area contributed by atoms with Crippen molar-refractivity contribution >= 4 is 11.6 Å². The van der Waals surface area contributed by atoms with Gasteiger partial charge in [0, 0.05) is 12.7 Å². The van der Waals surface area contributed by atoms with Gasteiger partial charge in [0.25, 0.3) is 0 Å². The lowest BCUT2D eigenvalue weighted by atomic mass is 10.2. The van der Waals surface area contributed by atoms with E-state index in [1.807, 2.05) is 31.2 Å². The molecule has 1 aromatic carbocycles. The lowest BCUT2D eigenvalue weighted by molar-refractivity contribution is 0.416. The molecule has 0 aliphatic rings. The van der Waals surface area contributed by atoms with Gasteiger partial charge >= 0.3 is 0 Å². The van der Waals surface area contributed by atoms with Crippen molar-refractivity contribution in [2.75, 3.05) is 12.4 Å². The average Bonchev–Trinajstić information content (AvgIpc) is 2.69. The number of anilines is 2. The number of hydrogen-bond donors (Lipinski definition) is 1. The molecule has 1 heterocycles. The monoisotopic (exact) mass is 259 g/mol. The molecule has 4 heteroatoms. The van der Waals surface area contributed by atoms with E-state index in [0.29, 0.717) is 5.92 Å². The fourth-order valence-corrected chi connectivity index (χ4v) is 2.05. The minimum Gasteiger partial charge on any atom is -0.495 e. The summed E-state index contributed by atoms with van der Waals surface area (Å²) in [7, 11) is 1.67. The topological polar surface area (TPSA) is 39.1 Å². The molecule has 0 radical (unpaired) electrons. The van der Waals surface area contributed by atoms with E-state index >= 15 is 0 Å². The van der Waals surface area contributed by atoms with E-state index in [9.17, 15) is 0 Å². The molecule has 0 bridgehead atoms. The third-order valence-corrected chi connectivity index (χ3v) is 2.81. The molecule has 0 saturated carbocycles. The Morgan fingerprint density at radius 1 is 1.32 bits per heavy atom. The molecule has 0 fully saturated rings. The molecule has 0 amide bonds. The van der Waals surface area contributed by atoms with Gasteiger partial charge in [-0.1, -0.05) is 26.0 Å². The standard InChI is InChI=1S/C15H21N3O/c1-11(2)9-18-10-12(3)16-15(18)17-13-7-5-6-8-14(13)19-4/h5-8,10-11H,9H2,1-4H3,(H,16,17). The second-order valence-corrected chi connectivity index (χ2v) is 5.08. The van der Waals surface area contributed by atoms with Crippen molar-refractivity contribution in [3.63, 3.8) is 0 Å². The van der Waals surface area contributed by atoms with Crippen LogP contribution < -0.4 is 10.1 Å². The van der Waals surface area contributed by atoms with Crippen molar-refractivity contribution in [2.45, 2.75) is 27.3 Å². The Balaban J connectivity index is 2.27. The summed E-state index contributed by atoms with van der Waals surface area (Å²) in [5.41, 5.74) is 1.94. The summed E-state index contributed by atoms with van der Waals surface area (Å²) in [6, 6.07) is 7.86. The first-order chi connectivity index (χ1) is 9.10. The van der Waals surface area contributed by atoms with Crippen LogP contribution in [0.3, 0.4) is 0 Å². The van der Waals surface area contributed by atoms with Crippen LogP contribution in [0.2, 0.25) is 0 Å². The Morgan fingerprint density at radius 2 is 2.05 bits per heavy atom. The van der Waals surface area contributed by atoms with E-state index in [2.05, 4.69) is 34.9 Å². The molecular formula is C15H21N3O. The van der Waals surface area contributed by atoms with Gasteiger partial charge in [0.1, 0.15) is 5.75 Å². The Morgan fingerprint density at radius 3 is 2.74 bits per heavy atom. The Hall–Kier alpha value is -1.97. The van der Waals surface area contributed by atoms with Gasteiger partial charge in [0.15, 0.2) is 0 Å². The van der Waals surface area contributed by atoms with Gasteiger partial charge in [-0.2, -0.15) is 0 Å². The second-order valence-electron chi connectivity index (χ2n) is 5.08. The average molecular weight is 259 g/mol. The van der Waals surface area contributed by atoms with E-state index < -0.39 is 0 Å². The van der Waals surface area contributed by atoms with Gasteiger partial charge in [-0.3, -0.25) is 0 Å². The maximum atomic E-state index is 5.35. The second kappa shape index (κ2) is 5.78. The van der Waals surface area contributed by atoms with Crippen LogP contribution in [0.1, 0.15) is 19.5 Å². The first-order valence-electron chi connectivity index (χ1n) is 6.54. The number of nitrogens with one attached hydrogen (secondary N) is 1. The van der Waals surface area contributed by atoms with Gasteiger partial charge in [-0.15, -0.1) is 0 Å². The van der Waals surface area contributed by atoms with Crippen LogP contribution in [0, 0.1) is 12.8 Å². The Kier molecular flexibility index (Phi) is 4.10. The van der Waals surface area contributed by atoms with E-state index in [1.54, 1.807) is 7.11 Å². The molecule has 2 aromatic rings. The smallest absolute Gasteiger partial charge is 0.207 e. The lowest BCUT2D eigenvalue weighted by Crippen LogP contribution is -2.07. The van der Waals surface area contributed by atoms with E-state index in [4.69, 9.17) is 4.74 Å². The first kappa shape index (κ1) is 13.5. The highest BCUT2D eigenvalue weighted by molar-refractivity contribution is 5.62. The quantitative estimate of drug-likeness (QED) is 0.891. The zero-order valence-corrected chi connectivity index (χ0v) is 12.0. The van der Waals surface area contributed by atoms with E-state index in [-0.39, 0.29) is 0 Å². The van der Waals surface area contributed by atoms with Gasteiger partial charge in [0.05, 0.1) is 18.5 Å². The van der Waals surface area contributed by atoms with Crippen LogP contribution in [-0.4, -0.2) is 16.7 Å². The molecule has 0 saturated heterocycles. The van der Waals surface area contributed by atoms with Crippen molar-refractivity contribution in [1.29, 1.82) is 0 Å². The first-order valence-corrected chi connectivity index (χ1v) is 6.54. The molecule has 0 aliphatic carbocycles. The SMILES string of the molecule is COc1ccccc1Nc1nc(C)cn1CC(C)C. The molecule has 1 N–H and O–H groups in total.